The van der Waals surface area contributed by atoms with Gasteiger partial charge < -0.3 is 15.6 Å². The zero-order chi connectivity index (χ0) is 13.3. The van der Waals surface area contributed by atoms with Gasteiger partial charge in [0.15, 0.2) is 0 Å². The number of hydrogen-bond acceptors (Lipinski definition) is 3. The number of fused-ring (bicyclic) bond motifs is 1. The Morgan fingerprint density at radius 2 is 2.11 bits per heavy atom. The van der Waals surface area contributed by atoms with Gasteiger partial charge in [-0.15, -0.1) is 0 Å². The summed E-state index contributed by atoms with van der Waals surface area (Å²) in [6.07, 6.45) is 0. The Balaban J connectivity index is 2.11. The summed E-state index contributed by atoms with van der Waals surface area (Å²) in [6, 6.07) is 6.40. The van der Waals surface area contributed by atoms with Gasteiger partial charge in [0.1, 0.15) is 5.82 Å². The van der Waals surface area contributed by atoms with E-state index in [0.29, 0.717) is 0 Å². The molecule has 98 valence electrons. The molecule has 0 radical (unpaired) electrons. The zero-order valence-corrected chi connectivity index (χ0v) is 11.6. The smallest absolute Gasteiger partial charge is 0.106 e. The van der Waals surface area contributed by atoms with Gasteiger partial charge in [-0.3, -0.25) is 0 Å². The Morgan fingerprint density at radius 1 is 1.39 bits per heavy atom. The van der Waals surface area contributed by atoms with Gasteiger partial charge in [-0.05, 0) is 38.5 Å². The fourth-order valence-corrected chi connectivity index (χ4v) is 2.00. The lowest BCUT2D eigenvalue weighted by Gasteiger charge is -2.18. The number of hydrogen-bond donors (Lipinski definition) is 2. The number of aryl methyl sites for hydroxylation is 2. The van der Waals surface area contributed by atoms with Crippen LogP contribution in [-0.4, -0.2) is 21.6 Å². The van der Waals surface area contributed by atoms with Crippen LogP contribution in [0, 0.1) is 6.92 Å². The molecule has 2 aromatic rings. The maximum absolute atomic E-state index is 5.94. The number of nitrogens with two attached hydrogens (primary N) is 1. The predicted molar refractivity (Wildman–Crippen MR) is 75.4 cm³/mol. The third-order valence-corrected chi connectivity index (χ3v) is 3.08. The van der Waals surface area contributed by atoms with Crippen LogP contribution in [0.5, 0.6) is 0 Å². The first-order valence-corrected chi connectivity index (χ1v) is 6.28. The average molecular weight is 246 g/mol. The Kier molecular flexibility index (Phi) is 3.41. The highest BCUT2D eigenvalue weighted by Gasteiger charge is 2.09. The van der Waals surface area contributed by atoms with Crippen molar-refractivity contribution in [2.45, 2.75) is 32.9 Å². The number of rotatable bonds is 4. The summed E-state index contributed by atoms with van der Waals surface area (Å²) >= 11 is 0. The van der Waals surface area contributed by atoms with Crippen LogP contribution in [0.3, 0.4) is 0 Å². The van der Waals surface area contributed by atoms with Gasteiger partial charge in [0, 0.05) is 25.7 Å². The first kappa shape index (κ1) is 13.1. The molecule has 0 amide bonds. The van der Waals surface area contributed by atoms with Crippen LogP contribution in [0.15, 0.2) is 18.2 Å². The maximum atomic E-state index is 5.94. The van der Waals surface area contributed by atoms with E-state index < -0.39 is 0 Å². The molecule has 0 saturated carbocycles. The van der Waals surface area contributed by atoms with Crippen molar-refractivity contribution < 1.29 is 0 Å². The van der Waals surface area contributed by atoms with Crippen LogP contribution in [0.2, 0.25) is 0 Å². The van der Waals surface area contributed by atoms with Gasteiger partial charge in [-0.1, -0.05) is 6.07 Å². The molecule has 0 aliphatic heterocycles. The van der Waals surface area contributed by atoms with E-state index >= 15 is 0 Å². The van der Waals surface area contributed by atoms with Crippen molar-refractivity contribution in [2.75, 3.05) is 6.54 Å². The summed E-state index contributed by atoms with van der Waals surface area (Å²) in [6.45, 7) is 7.68. The minimum atomic E-state index is -0.175. The van der Waals surface area contributed by atoms with Gasteiger partial charge in [0.2, 0.25) is 0 Å². The molecule has 1 heterocycles. The summed E-state index contributed by atoms with van der Waals surface area (Å²) in [4.78, 5) is 4.54. The number of nitrogens with zero attached hydrogens (tertiary/aromatic N) is 2. The Morgan fingerprint density at radius 3 is 2.78 bits per heavy atom. The van der Waals surface area contributed by atoms with Crippen molar-refractivity contribution >= 4 is 11.0 Å². The lowest BCUT2D eigenvalue weighted by atomic mass is 10.1. The standard InChI is InChI=1S/C14H22N4/c1-10-17-12-7-11(5-6-13(12)18(10)4)8-16-9-14(2,3)15/h5-7,16H,8-9,15H2,1-4H3. The normalized spacial score (nSPS) is 12.3. The molecule has 18 heavy (non-hydrogen) atoms. The molecule has 0 atom stereocenters. The highest BCUT2D eigenvalue weighted by Crippen LogP contribution is 2.16. The average Bonchev–Trinajstić information content (AvgIpc) is 2.53. The summed E-state index contributed by atoms with van der Waals surface area (Å²) < 4.78 is 2.11. The molecule has 0 aliphatic carbocycles. The van der Waals surface area contributed by atoms with Crippen LogP contribution < -0.4 is 11.1 Å². The highest BCUT2D eigenvalue weighted by atomic mass is 15.0. The van der Waals surface area contributed by atoms with Gasteiger partial charge in [-0.2, -0.15) is 0 Å². The second-order valence-corrected chi connectivity index (χ2v) is 5.63. The number of nitrogens with one attached hydrogen (secondary N) is 1. The number of aromatic nitrogens is 2. The van der Waals surface area contributed by atoms with E-state index in [0.717, 1.165) is 24.4 Å². The molecule has 0 fully saturated rings. The molecule has 0 unspecified atom stereocenters. The van der Waals surface area contributed by atoms with Gasteiger partial charge in [0.25, 0.3) is 0 Å². The Bertz CT molecular complexity index is 549. The fraction of sp³-hybridized carbons (Fsp3) is 0.500. The molecule has 0 bridgehead atoms. The van der Waals surface area contributed by atoms with Crippen molar-refractivity contribution in [2.24, 2.45) is 12.8 Å². The Labute approximate surface area is 108 Å². The minimum Gasteiger partial charge on any atom is -0.331 e. The molecule has 4 nitrogen and oxygen atoms in total. The summed E-state index contributed by atoms with van der Waals surface area (Å²) in [5, 5.41) is 3.37. The Hall–Kier alpha value is -1.39. The minimum absolute atomic E-state index is 0.175. The molecular formula is C14H22N4. The van der Waals surface area contributed by atoms with E-state index in [1.54, 1.807) is 0 Å². The van der Waals surface area contributed by atoms with Crippen molar-refractivity contribution in [3.05, 3.63) is 29.6 Å². The molecule has 0 aliphatic rings. The predicted octanol–water partition coefficient (Wildman–Crippen LogP) is 1.71. The SMILES string of the molecule is Cc1nc2cc(CNCC(C)(C)N)ccc2n1C. The highest BCUT2D eigenvalue weighted by molar-refractivity contribution is 5.76. The lowest BCUT2D eigenvalue weighted by Crippen LogP contribution is -2.42. The van der Waals surface area contributed by atoms with E-state index in [1.807, 2.05) is 27.8 Å². The van der Waals surface area contributed by atoms with E-state index in [2.05, 4.69) is 33.1 Å². The third-order valence-electron chi connectivity index (χ3n) is 3.08. The molecular weight excluding hydrogens is 224 g/mol. The van der Waals surface area contributed by atoms with Crippen molar-refractivity contribution in [3.8, 4) is 0 Å². The molecule has 2 rings (SSSR count). The van der Waals surface area contributed by atoms with Crippen LogP contribution in [-0.2, 0) is 13.6 Å². The quantitative estimate of drug-likeness (QED) is 0.863. The second kappa shape index (κ2) is 4.71. The van der Waals surface area contributed by atoms with Gasteiger partial charge >= 0.3 is 0 Å². The van der Waals surface area contributed by atoms with Gasteiger partial charge in [-0.25, -0.2) is 4.98 Å². The first-order valence-electron chi connectivity index (χ1n) is 6.28. The van der Waals surface area contributed by atoms with Crippen LogP contribution >= 0.6 is 0 Å². The van der Waals surface area contributed by atoms with E-state index in [9.17, 15) is 0 Å². The van der Waals surface area contributed by atoms with Crippen LogP contribution in [0.4, 0.5) is 0 Å². The second-order valence-electron chi connectivity index (χ2n) is 5.63. The van der Waals surface area contributed by atoms with E-state index in [-0.39, 0.29) is 5.54 Å². The fourth-order valence-electron chi connectivity index (χ4n) is 2.00. The van der Waals surface area contributed by atoms with Crippen LogP contribution in [0.1, 0.15) is 25.2 Å². The zero-order valence-electron chi connectivity index (χ0n) is 11.6. The molecule has 1 aromatic heterocycles. The number of imidazole rings is 1. The summed E-state index contributed by atoms with van der Waals surface area (Å²) in [5.74, 6) is 1.04. The largest absolute Gasteiger partial charge is 0.331 e. The number of benzene rings is 1. The molecule has 0 spiro atoms. The van der Waals surface area contributed by atoms with E-state index in [1.165, 1.54) is 11.1 Å². The molecule has 3 N–H and O–H groups in total. The molecule has 4 heteroatoms. The topological polar surface area (TPSA) is 55.9 Å². The lowest BCUT2D eigenvalue weighted by molar-refractivity contribution is 0.467. The van der Waals surface area contributed by atoms with E-state index in [4.69, 9.17) is 5.73 Å². The summed E-state index contributed by atoms with van der Waals surface area (Å²) in [7, 11) is 2.04. The van der Waals surface area contributed by atoms with Crippen molar-refractivity contribution in [1.29, 1.82) is 0 Å². The maximum Gasteiger partial charge on any atom is 0.106 e. The van der Waals surface area contributed by atoms with Crippen molar-refractivity contribution in [1.82, 2.24) is 14.9 Å². The van der Waals surface area contributed by atoms with Crippen LogP contribution in [0.25, 0.3) is 11.0 Å². The molecule has 1 aromatic carbocycles. The van der Waals surface area contributed by atoms with Crippen molar-refractivity contribution in [3.63, 3.8) is 0 Å². The first-order chi connectivity index (χ1) is 8.37. The monoisotopic (exact) mass is 246 g/mol. The summed E-state index contributed by atoms with van der Waals surface area (Å²) in [5.41, 5.74) is 9.23. The van der Waals surface area contributed by atoms with Gasteiger partial charge in [0.05, 0.1) is 11.0 Å². The molecule has 0 saturated heterocycles. The third kappa shape index (κ3) is 2.89.